The smallest absolute Gasteiger partial charge is 0.00956 e. The molecule has 1 spiro atoms. The Labute approximate surface area is 91.7 Å². The summed E-state index contributed by atoms with van der Waals surface area (Å²) in [6.45, 7) is 15.6. The van der Waals surface area contributed by atoms with Crippen LogP contribution in [-0.2, 0) is 0 Å². The van der Waals surface area contributed by atoms with Gasteiger partial charge in [0.1, 0.15) is 0 Å². The predicted molar refractivity (Wildman–Crippen MR) is 67.8 cm³/mol. The summed E-state index contributed by atoms with van der Waals surface area (Å²) in [5, 5.41) is 3.47. The van der Waals surface area contributed by atoms with E-state index in [1.807, 2.05) is 41.5 Å². The van der Waals surface area contributed by atoms with E-state index in [0.717, 1.165) is 11.5 Å². The van der Waals surface area contributed by atoms with Gasteiger partial charge in [-0.15, -0.1) is 0 Å². The SMILES string of the molecule is CC.CC.CC.CC1NCCC12CC2. The average molecular weight is 201 g/mol. The lowest BCUT2D eigenvalue weighted by molar-refractivity contribution is 0.458. The molecule has 1 unspecified atom stereocenters. The van der Waals surface area contributed by atoms with E-state index in [-0.39, 0.29) is 0 Å². The molecule has 1 heteroatoms. The Morgan fingerprint density at radius 1 is 0.857 bits per heavy atom. The number of hydrogen-bond donors (Lipinski definition) is 1. The number of nitrogens with one attached hydrogen (secondary N) is 1. The molecule has 2 aliphatic rings. The third-order valence-electron chi connectivity index (χ3n) is 2.88. The lowest BCUT2D eigenvalue weighted by atomic mass is 9.99. The monoisotopic (exact) mass is 201 g/mol. The van der Waals surface area contributed by atoms with Crippen molar-refractivity contribution in [2.45, 2.75) is 73.8 Å². The van der Waals surface area contributed by atoms with Crippen molar-refractivity contribution in [3.05, 3.63) is 0 Å². The molecule has 1 aliphatic carbocycles. The van der Waals surface area contributed by atoms with Crippen LogP contribution in [0.5, 0.6) is 0 Å². The van der Waals surface area contributed by atoms with Crippen molar-refractivity contribution < 1.29 is 0 Å². The van der Waals surface area contributed by atoms with E-state index in [2.05, 4.69) is 12.2 Å². The molecule has 2 rings (SSSR count). The summed E-state index contributed by atoms with van der Waals surface area (Å²) in [4.78, 5) is 0. The molecule has 0 bridgehead atoms. The highest BCUT2D eigenvalue weighted by Gasteiger charge is 2.49. The first-order valence-corrected chi connectivity index (χ1v) is 6.57. The Bertz CT molecular complexity index is 106. The van der Waals surface area contributed by atoms with Gasteiger partial charge in [-0.2, -0.15) is 0 Å². The first-order valence-electron chi connectivity index (χ1n) is 6.57. The quantitative estimate of drug-likeness (QED) is 0.618. The van der Waals surface area contributed by atoms with Crippen LogP contribution in [0.3, 0.4) is 0 Å². The summed E-state index contributed by atoms with van der Waals surface area (Å²) >= 11 is 0. The summed E-state index contributed by atoms with van der Waals surface area (Å²) < 4.78 is 0. The van der Waals surface area contributed by atoms with E-state index in [9.17, 15) is 0 Å². The molecule has 1 N–H and O–H groups in total. The summed E-state index contributed by atoms with van der Waals surface area (Å²) in [5.74, 6) is 0. The Hall–Kier alpha value is -0.0400. The maximum absolute atomic E-state index is 3.47. The lowest BCUT2D eigenvalue weighted by Crippen LogP contribution is -2.23. The molecule has 0 aromatic carbocycles. The maximum atomic E-state index is 3.47. The van der Waals surface area contributed by atoms with Gasteiger partial charge in [0.2, 0.25) is 0 Å². The first-order chi connectivity index (χ1) is 6.83. The van der Waals surface area contributed by atoms with Crippen molar-refractivity contribution in [3.8, 4) is 0 Å². The molecule has 2 fully saturated rings. The van der Waals surface area contributed by atoms with Gasteiger partial charge in [-0.3, -0.25) is 0 Å². The van der Waals surface area contributed by atoms with Crippen molar-refractivity contribution in [3.63, 3.8) is 0 Å². The summed E-state index contributed by atoms with van der Waals surface area (Å²) in [6, 6.07) is 0.822. The molecule has 88 valence electrons. The van der Waals surface area contributed by atoms with E-state index < -0.39 is 0 Å². The van der Waals surface area contributed by atoms with Crippen LogP contribution in [0.25, 0.3) is 0 Å². The zero-order valence-corrected chi connectivity index (χ0v) is 11.4. The van der Waals surface area contributed by atoms with Crippen molar-refractivity contribution in [2.75, 3.05) is 6.54 Å². The minimum Gasteiger partial charge on any atom is -0.314 e. The van der Waals surface area contributed by atoms with E-state index in [1.165, 1.54) is 25.8 Å². The van der Waals surface area contributed by atoms with Gasteiger partial charge in [-0.25, -0.2) is 0 Å². The molecule has 0 amide bonds. The highest BCUT2D eigenvalue weighted by atomic mass is 15.0. The molecular formula is C13H31N. The third-order valence-corrected chi connectivity index (χ3v) is 2.88. The molecule has 0 aromatic rings. The molecule has 1 atom stereocenters. The van der Waals surface area contributed by atoms with E-state index >= 15 is 0 Å². The highest BCUT2D eigenvalue weighted by molar-refractivity contribution is 5.04. The van der Waals surface area contributed by atoms with Gasteiger partial charge >= 0.3 is 0 Å². The Morgan fingerprint density at radius 3 is 1.43 bits per heavy atom. The van der Waals surface area contributed by atoms with Gasteiger partial charge in [0.05, 0.1) is 0 Å². The molecule has 0 radical (unpaired) electrons. The second-order valence-corrected chi connectivity index (χ2v) is 3.29. The normalized spacial score (nSPS) is 24.6. The Morgan fingerprint density at radius 2 is 1.29 bits per heavy atom. The number of rotatable bonds is 0. The van der Waals surface area contributed by atoms with Gasteiger partial charge in [0.25, 0.3) is 0 Å². The van der Waals surface area contributed by atoms with Crippen LogP contribution in [0.4, 0.5) is 0 Å². The van der Waals surface area contributed by atoms with E-state index in [1.54, 1.807) is 0 Å². The number of hydrogen-bond acceptors (Lipinski definition) is 1. The maximum Gasteiger partial charge on any atom is 0.00956 e. The second-order valence-electron chi connectivity index (χ2n) is 3.29. The molecule has 14 heavy (non-hydrogen) atoms. The van der Waals surface area contributed by atoms with Gasteiger partial charge in [-0.05, 0) is 38.1 Å². The minimum atomic E-state index is 0.792. The van der Waals surface area contributed by atoms with Crippen LogP contribution in [0.15, 0.2) is 0 Å². The van der Waals surface area contributed by atoms with Crippen LogP contribution in [-0.4, -0.2) is 12.6 Å². The average Bonchev–Trinajstić information content (AvgIpc) is 2.99. The van der Waals surface area contributed by atoms with Crippen LogP contribution < -0.4 is 5.32 Å². The minimum absolute atomic E-state index is 0.792. The van der Waals surface area contributed by atoms with Crippen LogP contribution >= 0.6 is 0 Å². The standard InChI is InChI=1S/C7H13N.3C2H6/c1-6-7(2-3-7)4-5-8-6;3*1-2/h6,8H,2-5H2,1H3;3*1-2H3. The lowest BCUT2D eigenvalue weighted by Gasteiger charge is -2.10. The summed E-state index contributed by atoms with van der Waals surface area (Å²) in [7, 11) is 0. The largest absolute Gasteiger partial charge is 0.314 e. The van der Waals surface area contributed by atoms with Crippen molar-refractivity contribution in [2.24, 2.45) is 5.41 Å². The fourth-order valence-corrected chi connectivity index (χ4v) is 1.81. The highest BCUT2D eigenvalue weighted by Crippen LogP contribution is 2.53. The molecule has 1 saturated carbocycles. The zero-order valence-electron chi connectivity index (χ0n) is 11.4. The van der Waals surface area contributed by atoms with Gasteiger partial charge in [0.15, 0.2) is 0 Å². The molecule has 1 saturated heterocycles. The van der Waals surface area contributed by atoms with Crippen molar-refractivity contribution in [1.29, 1.82) is 0 Å². The predicted octanol–water partition coefficient (Wildman–Crippen LogP) is 4.23. The molecular weight excluding hydrogens is 170 g/mol. The van der Waals surface area contributed by atoms with Crippen LogP contribution in [0, 0.1) is 5.41 Å². The van der Waals surface area contributed by atoms with Crippen LogP contribution in [0.1, 0.15) is 67.7 Å². The second kappa shape index (κ2) is 9.51. The Balaban J connectivity index is 0. The zero-order chi connectivity index (χ0) is 11.6. The Kier molecular flexibility index (Phi) is 11.1. The molecule has 1 nitrogen and oxygen atoms in total. The van der Waals surface area contributed by atoms with E-state index in [0.29, 0.717) is 0 Å². The van der Waals surface area contributed by atoms with Crippen molar-refractivity contribution in [1.82, 2.24) is 5.32 Å². The first kappa shape index (κ1) is 16.4. The fraction of sp³-hybridized carbons (Fsp3) is 1.00. The van der Waals surface area contributed by atoms with E-state index in [4.69, 9.17) is 0 Å². The molecule has 0 aromatic heterocycles. The molecule has 1 heterocycles. The summed E-state index contributed by atoms with van der Waals surface area (Å²) in [5.41, 5.74) is 0.792. The van der Waals surface area contributed by atoms with Gasteiger partial charge < -0.3 is 5.32 Å². The van der Waals surface area contributed by atoms with Crippen LogP contribution in [0.2, 0.25) is 0 Å². The van der Waals surface area contributed by atoms with Gasteiger partial charge in [-0.1, -0.05) is 41.5 Å². The van der Waals surface area contributed by atoms with Crippen molar-refractivity contribution >= 4 is 0 Å². The summed E-state index contributed by atoms with van der Waals surface area (Å²) in [6.07, 6.45) is 4.41. The topological polar surface area (TPSA) is 12.0 Å². The fourth-order valence-electron chi connectivity index (χ4n) is 1.81. The third kappa shape index (κ3) is 4.45. The molecule has 1 aliphatic heterocycles. The van der Waals surface area contributed by atoms with Gasteiger partial charge in [0, 0.05) is 6.04 Å².